The van der Waals surface area contributed by atoms with Crippen LogP contribution in [-0.2, 0) is 16.0 Å². The number of imidazole rings is 1. The van der Waals surface area contributed by atoms with E-state index in [1.807, 2.05) is 36.4 Å². The summed E-state index contributed by atoms with van der Waals surface area (Å²) in [5, 5.41) is 2.90. The molecule has 2 N–H and O–H groups in total. The van der Waals surface area contributed by atoms with Crippen molar-refractivity contribution in [3.63, 3.8) is 0 Å². The molecule has 24 heavy (non-hydrogen) atoms. The van der Waals surface area contributed by atoms with Gasteiger partial charge in [-0.25, -0.2) is 4.98 Å². The second-order valence-corrected chi connectivity index (χ2v) is 5.86. The minimum absolute atomic E-state index is 0.135. The maximum Gasteiger partial charge on any atom is 0.247 e. The van der Waals surface area contributed by atoms with Gasteiger partial charge in [0.25, 0.3) is 0 Å². The SMILES string of the molecule is CC(=O)N1c2ccccc2C[C@H]1C(=O)Nc1ccc2nc[nH]c2c1. The van der Waals surface area contributed by atoms with Crippen molar-refractivity contribution in [3.8, 4) is 0 Å². The molecule has 2 heterocycles. The number of rotatable bonds is 2. The van der Waals surface area contributed by atoms with Crippen LogP contribution < -0.4 is 10.2 Å². The fourth-order valence-electron chi connectivity index (χ4n) is 3.22. The molecule has 0 fully saturated rings. The zero-order chi connectivity index (χ0) is 16.7. The van der Waals surface area contributed by atoms with Crippen molar-refractivity contribution in [1.82, 2.24) is 9.97 Å². The quantitative estimate of drug-likeness (QED) is 0.761. The molecule has 1 aromatic heterocycles. The van der Waals surface area contributed by atoms with Crippen molar-refractivity contribution in [1.29, 1.82) is 0 Å². The van der Waals surface area contributed by atoms with Crippen molar-refractivity contribution in [3.05, 3.63) is 54.4 Å². The highest BCUT2D eigenvalue weighted by Crippen LogP contribution is 2.32. The third kappa shape index (κ3) is 2.32. The average molecular weight is 320 g/mol. The number of hydrogen-bond acceptors (Lipinski definition) is 3. The lowest BCUT2D eigenvalue weighted by Gasteiger charge is -2.23. The van der Waals surface area contributed by atoms with Gasteiger partial charge in [-0.05, 0) is 29.8 Å². The summed E-state index contributed by atoms with van der Waals surface area (Å²) in [4.78, 5) is 33.5. The number of anilines is 2. The zero-order valence-electron chi connectivity index (χ0n) is 13.1. The number of fused-ring (bicyclic) bond motifs is 2. The second-order valence-electron chi connectivity index (χ2n) is 5.86. The number of aromatic amines is 1. The fourth-order valence-corrected chi connectivity index (χ4v) is 3.22. The van der Waals surface area contributed by atoms with Crippen LogP contribution in [0.2, 0.25) is 0 Å². The smallest absolute Gasteiger partial charge is 0.247 e. The van der Waals surface area contributed by atoms with Gasteiger partial charge in [-0.2, -0.15) is 0 Å². The highest BCUT2D eigenvalue weighted by molar-refractivity contribution is 6.07. The van der Waals surface area contributed by atoms with E-state index in [1.54, 1.807) is 17.3 Å². The van der Waals surface area contributed by atoms with Gasteiger partial charge in [-0.15, -0.1) is 0 Å². The molecule has 0 unspecified atom stereocenters. The molecule has 0 radical (unpaired) electrons. The summed E-state index contributed by atoms with van der Waals surface area (Å²) in [6, 6.07) is 12.6. The highest BCUT2D eigenvalue weighted by Gasteiger charge is 2.36. The third-order valence-corrected chi connectivity index (χ3v) is 4.31. The van der Waals surface area contributed by atoms with Gasteiger partial charge in [0.1, 0.15) is 6.04 Å². The van der Waals surface area contributed by atoms with Gasteiger partial charge in [0.15, 0.2) is 0 Å². The number of H-pyrrole nitrogens is 1. The Morgan fingerprint density at radius 3 is 2.92 bits per heavy atom. The molecule has 6 nitrogen and oxygen atoms in total. The zero-order valence-corrected chi connectivity index (χ0v) is 13.1. The molecule has 0 spiro atoms. The number of amides is 2. The predicted molar refractivity (Wildman–Crippen MR) is 91.8 cm³/mol. The molecule has 0 bridgehead atoms. The molecule has 2 aromatic carbocycles. The van der Waals surface area contributed by atoms with Crippen molar-refractivity contribution in [2.24, 2.45) is 0 Å². The monoisotopic (exact) mass is 320 g/mol. The molecule has 3 aromatic rings. The van der Waals surface area contributed by atoms with E-state index >= 15 is 0 Å². The van der Waals surface area contributed by atoms with Crippen LogP contribution in [0, 0.1) is 0 Å². The summed E-state index contributed by atoms with van der Waals surface area (Å²) in [7, 11) is 0. The lowest BCUT2D eigenvalue weighted by Crippen LogP contribution is -2.44. The van der Waals surface area contributed by atoms with Gasteiger partial charge in [0.2, 0.25) is 11.8 Å². The molecular weight excluding hydrogens is 304 g/mol. The van der Waals surface area contributed by atoms with E-state index in [1.165, 1.54) is 6.92 Å². The van der Waals surface area contributed by atoms with Gasteiger partial charge in [-0.3, -0.25) is 14.5 Å². The van der Waals surface area contributed by atoms with E-state index in [0.29, 0.717) is 12.1 Å². The normalized spacial score (nSPS) is 16.2. The van der Waals surface area contributed by atoms with E-state index in [0.717, 1.165) is 22.3 Å². The van der Waals surface area contributed by atoms with Gasteiger partial charge >= 0.3 is 0 Å². The van der Waals surface area contributed by atoms with Crippen LogP contribution in [0.5, 0.6) is 0 Å². The molecule has 0 saturated carbocycles. The number of aromatic nitrogens is 2. The molecular formula is C18H16N4O2. The maximum atomic E-state index is 12.7. The molecule has 0 aliphatic carbocycles. The minimum Gasteiger partial charge on any atom is -0.345 e. The number of benzene rings is 2. The Hall–Kier alpha value is -3.15. The van der Waals surface area contributed by atoms with Crippen LogP contribution in [0.4, 0.5) is 11.4 Å². The first kappa shape index (κ1) is 14.4. The van der Waals surface area contributed by atoms with E-state index < -0.39 is 6.04 Å². The Labute approximate surface area is 138 Å². The number of carbonyl (C=O) groups excluding carboxylic acids is 2. The standard InChI is InChI=1S/C18H16N4O2/c1-11(23)22-16-5-3-2-4-12(16)8-17(22)18(24)21-13-6-7-14-15(9-13)20-10-19-14/h2-7,9-10,17H,8H2,1H3,(H,19,20)(H,21,24)/t17-/m0/s1. The first-order valence-electron chi connectivity index (χ1n) is 7.75. The number of para-hydroxylation sites is 1. The third-order valence-electron chi connectivity index (χ3n) is 4.31. The van der Waals surface area contributed by atoms with Crippen LogP contribution in [0.3, 0.4) is 0 Å². The van der Waals surface area contributed by atoms with E-state index in [2.05, 4.69) is 15.3 Å². The molecule has 2 amide bonds. The minimum atomic E-state index is -0.530. The Balaban J connectivity index is 1.61. The van der Waals surface area contributed by atoms with E-state index in [4.69, 9.17) is 0 Å². The maximum absolute atomic E-state index is 12.7. The number of nitrogens with zero attached hydrogens (tertiary/aromatic N) is 2. The lowest BCUT2D eigenvalue weighted by atomic mass is 10.1. The van der Waals surface area contributed by atoms with Crippen molar-refractivity contribution in [2.45, 2.75) is 19.4 Å². The predicted octanol–water partition coefficient (Wildman–Crippen LogP) is 2.48. The molecule has 1 aliphatic rings. The number of carbonyl (C=O) groups is 2. The average Bonchev–Trinajstić information content (AvgIpc) is 3.18. The largest absolute Gasteiger partial charge is 0.345 e. The van der Waals surface area contributed by atoms with Crippen molar-refractivity contribution in [2.75, 3.05) is 10.2 Å². The van der Waals surface area contributed by atoms with E-state index in [-0.39, 0.29) is 11.8 Å². The topological polar surface area (TPSA) is 78.1 Å². The van der Waals surface area contributed by atoms with Crippen molar-refractivity contribution < 1.29 is 9.59 Å². The summed E-state index contributed by atoms with van der Waals surface area (Å²) in [5.41, 5.74) is 4.19. The Morgan fingerprint density at radius 1 is 1.25 bits per heavy atom. The summed E-state index contributed by atoms with van der Waals surface area (Å²) >= 11 is 0. The fraction of sp³-hybridized carbons (Fsp3) is 0.167. The summed E-state index contributed by atoms with van der Waals surface area (Å²) in [6.07, 6.45) is 2.13. The number of nitrogens with one attached hydrogen (secondary N) is 2. The first-order valence-corrected chi connectivity index (χ1v) is 7.75. The van der Waals surface area contributed by atoms with Crippen LogP contribution >= 0.6 is 0 Å². The Morgan fingerprint density at radius 2 is 2.08 bits per heavy atom. The second kappa shape index (κ2) is 5.49. The van der Waals surface area contributed by atoms with Gasteiger partial charge in [0, 0.05) is 24.7 Å². The molecule has 4 rings (SSSR count). The van der Waals surface area contributed by atoms with Crippen LogP contribution in [0.25, 0.3) is 11.0 Å². The Bertz CT molecular complexity index is 947. The molecule has 1 atom stereocenters. The van der Waals surface area contributed by atoms with Gasteiger partial charge < -0.3 is 10.3 Å². The lowest BCUT2D eigenvalue weighted by molar-refractivity contribution is -0.122. The van der Waals surface area contributed by atoms with Crippen LogP contribution in [0.15, 0.2) is 48.8 Å². The highest BCUT2D eigenvalue weighted by atomic mass is 16.2. The summed E-state index contributed by atoms with van der Waals surface area (Å²) < 4.78 is 0. The van der Waals surface area contributed by atoms with Gasteiger partial charge in [-0.1, -0.05) is 18.2 Å². The molecule has 6 heteroatoms. The van der Waals surface area contributed by atoms with Crippen molar-refractivity contribution >= 4 is 34.2 Å². The summed E-state index contributed by atoms with van der Waals surface area (Å²) in [6.45, 7) is 1.49. The Kier molecular flexibility index (Phi) is 3.30. The molecule has 120 valence electrons. The van der Waals surface area contributed by atoms with Gasteiger partial charge in [0.05, 0.1) is 17.4 Å². The summed E-state index contributed by atoms with van der Waals surface area (Å²) in [5.74, 6) is -0.329. The van der Waals surface area contributed by atoms with E-state index in [9.17, 15) is 9.59 Å². The number of hydrogen-bond donors (Lipinski definition) is 2. The van der Waals surface area contributed by atoms with Crippen LogP contribution in [-0.4, -0.2) is 27.8 Å². The molecule has 0 saturated heterocycles. The van der Waals surface area contributed by atoms with Crippen LogP contribution in [0.1, 0.15) is 12.5 Å². The first-order chi connectivity index (χ1) is 11.6. The molecule has 1 aliphatic heterocycles.